The predicted octanol–water partition coefficient (Wildman–Crippen LogP) is 4.92. The highest BCUT2D eigenvalue weighted by Gasteiger charge is 2.36. The van der Waals surface area contributed by atoms with E-state index in [1.807, 2.05) is 4.90 Å². The van der Waals surface area contributed by atoms with Crippen LogP contribution in [0.3, 0.4) is 0 Å². The van der Waals surface area contributed by atoms with E-state index in [1.54, 1.807) is 6.07 Å². The molecule has 2 fully saturated rings. The highest BCUT2D eigenvalue weighted by Crippen LogP contribution is 2.37. The van der Waals surface area contributed by atoms with E-state index in [2.05, 4.69) is 17.4 Å². The first-order valence-corrected chi connectivity index (χ1v) is 13.8. The molecule has 2 N–H and O–H groups in total. The largest absolute Gasteiger partial charge is 0.480 e. The number of hydrogen-bond acceptors (Lipinski definition) is 6. The molecule has 5 rings (SSSR count). The third-order valence-corrected chi connectivity index (χ3v) is 7.91. The first kappa shape index (κ1) is 26.1. The summed E-state index contributed by atoms with van der Waals surface area (Å²) in [5.74, 6) is 0.0240. The summed E-state index contributed by atoms with van der Waals surface area (Å²) < 4.78 is 26.1. The zero-order valence-corrected chi connectivity index (χ0v) is 21.5. The van der Waals surface area contributed by atoms with Gasteiger partial charge in [-0.1, -0.05) is 12.1 Å². The van der Waals surface area contributed by atoms with Crippen LogP contribution in [-0.4, -0.2) is 60.4 Å². The minimum absolute atomic E-state index is 0.168. The van der Waals surface area contributed by atoms with Crippen LogP contribution in [0.5, 0.6) is 0 Å². The topological polar surface area (TPSA) is 83.9 Å². The summed E-state index contributed by atoms with van der Waals surface area (Å²) in [6.45, 7) is 4.24. The van der Waals surface area contributed by atoms with E-state index >= 15 is 0 Å². The number of carboxylic acids is 1. The van der Waals surface area contributed by atoms with E-state index < -0.39 is 17.8 Å². The molecule has 1 aromatic heterocycles. The molecule has 200 valence electrons. The minimum atomic E-state index is -0.938. The van der Waals surface area contributed by atoms with Gasteiger partial charge in [-0.3, -0.25) is 9.69 Å². The van der Waals surface area contributed by atoms with Crippen LogP contribution in [0.4, 0.5) is 10.2 Å². The summed E-state index contributed by atoms with van der Waals surface area (Å²) in [5, 5.41) is 13.5. The Labute approximate surface area is 218 Å². The third kappa shape index (κ3) is 6.48. The maximum atomic E-state index is 14.3. The number of pyridine rings is 1. The lowest BCUT2D eigenvalue weighted by Gasteiger charge is -2.30. The zero-order chi connectivity index (χ0) is 25.6. The number of carboxylic acid groups (broad SMARTS) is 1. The van der Waals surface area contributed by atoms with Crippen LogP contribution in [0, 0.1) is 11.7 Å². The van der Waals surface area contributed by atoms with E-state index in [9.17, 15) is 14.3 Å². The Morgan fingerprint density at radius 2 is 2.14 bits per heavy atom. The van der Waals surface area contributed by atoms with Gasteiger partial charge in [0.2, 0.25) is 0 Å². The Morgan fingerprint density at radius 1 is 1.22 bits per heavy atom. The van der Waals surface area contributed by atoms with E-state index in [4.69, 9.17) is 14.5 Å². The first-order valence-electron chi connectivity index (χ1n) is 13.8. The van der Waals surface area contributed by atoms with Crippen molar-refractivity contribution in [2.45, 2.75) is 63.5 Å². The number of ether oxygens (including phenoxy) is 2. The lowest BCUT2D eigenvalue weighted by molar-refractivity contribution is -0.143. The van der Waals surface area contributed by atoms with Crippen molar-refractivity contribution < 1.29 is 23.8 Å². The number of nitrogens with one attached hydrogen (secondary N) is 1. The van der Waals surface area contributed by atoms with Crippen molar-refractivity contribution >= 4 is 11.8 Å². The van der Waals surface area contributed by atoms with Gasteiger partial charge in [0.05, 0.1) is 12.7 Å². The Bertz CT molecular complexity index is 1080. The Balaban J connectivity index is 1.13. The monoisotopic (exact) mass is 511 g/mol. The number of benzene rings is 1. The van der Waals surface area contributed by atoms with E-state index in [-0.39, 0.29) is 6.10 Å². The Morgan fingerprint density at radius 3 is 2.97 bits per heavy atom. The van der Waals surface area contributed by atoms with Crippen LogP contribution in [0.15, 0.2) is 30.3 Å². The summed E-state index contributed by atoms with van der Waals surface area (Å²) in [5.41, 5.74) is 3.67. The lowest BCUT2D eigenvalue weighted by atomic mass is 9.92. The molecule has 3 aliphatic heterocycles. The third-order valence-electron chi connectivity index (χ3n) is 7.91. The number of halogens is 1. The number of hydrogen-bond donors (Lipinski definition) is 2. The van der Waals surface area contributed by atoms with Crippen molar-refractivity contribution in [3.8, 4) is 0 Å². The van der Waals surface area contributed by atoms with Crippen LogP contribution in [0.2, 0.25) is 0 Å². The van der Waals surface area contributed by atoms with Crippen molar-refractivity contribution in [3.05, 3.63) is 58.5 Å². The van der Waals surface area contributed by atoms with Gasteiger partial charge >= 0.3 is 5.97 Å². The molecule has 7 nitrogen and oxygen atoms in total. The second-order valence-corrected chi connectivity index (χ2v) is 10.5. The molecular weight excluding hydrogens is 473 g/mol. The number of likely N-dealkylation sites (tertiary alicyclic amines) is 1. The van der Waals surface area contributed by atoms with E-state index in [0.717, 1.165) is 75.0 Å². The summed E-state index contributed by atoms with van der Waals surface area (Å²) >= 11 is 0. The molecule has 4 heterocycles. The second kappa shape index (κ2) is 12.3. The molecule has 37 heavy (non-hydrogen) atoms. The highest BCUT2D eigenvalue weighted by atomic mass is 19.1. The fourth-order valence-corrected chi connectivity index (χ4v) is 5.92. The van der Waals surface area contributed by atoms with Gasteiger partial charge in [0, 0.05) is 38.4 Å². The Kier molecular flexibility index (Phi) is 8.69. The van der Waals surface area contributed by atoms with Gasteiger partial charge in [0.1, 0.15) is 17.7 Å². The quantitative estimate of drug-likeness (QED) is 0.438. The maximum Gasteiger partial charge on any atom is 0.325 e. The molecule has 2 aromatic rings. The highest BCUT2D eigenvalue weighted by molar-refractivity contribution is 5.76. The van der Waals surface area contributed by atoms with Gasteiger partial charge in [-0.05, 0) is 92.3 Å². The van der Waals surface area contributed by atoms with Crippen LogP contribution >= 0.6 is 0 Å². The molecule has 0 amide bonds. The van der Waals surface area contributed by atoms with Gasteiger partial charge in [-0.15, -0.1) is 0 Å². The van der Waals surface area contributed by atoms with Gasteiger partial charge in [0.15, 0.2) is 0 Å². The number of aliphatic carboxylic acids is 1. The van der Waals surface area contributed by atoms with Crippen LogP contribution in [0.25, 0.3) is 0 Å². The van der Waals surface area contributed by atoms with Crippen molar-refractivity contribution in [3.63, 3.8) is 0 Å². The number of carbonyl (C=O) groups is 1. The maximum absolute atomic E-state index is 14.3. The molecule has 8 heteroatoms. The summed E-state index contributed by atoms with van der Waals surface area (Å²) in [6.07, 6.45) is 7.51. The fourth-order valence-electron chi connectivity index (χ4n) is 5.92. The van der Waals surface area contributed by atoms with Crippen molar-refractivity contribution in [2.75, 3.05) is 44.8 Å². The number of rotatable bonds is 10. The molecule has 1 aromatic carbocycles. The van der Waals surface area contributed by atoms with E-state index in [0.29, 0.717) is 44.4 Å². The SMILES string of the molecule is O=C(O)[C@@H](c1cc(F)ccc1[C@@H]1CCCCO1)N1CC[C@@H](CCOCCc2ccc3c(n2)NCCC3)C1. The smallest absolute Gasteiger partial charge is 0.325 e. The zero-order valence-electron chi connectivity index (χ0n) is 21.5. The Hall–Kier alpha value is -2.55. The molecule has 0 saturated carbocycles. The molecule has 3 aliphatic rings. The first-order chi connectivity index (χ1) is 18.1. The molecule has 3 atom stereocenters. The molecule has 0 aliphatic carbocycles. The van der Waals surface area contributed by atoms with Gasteiger partial charge in [0.25, 0.3) is 0 Å². The van der Waals surface area contributed by atoms with Gasteiger partial charge in [-0.25, -0.2) is 9.37 Å². The number of aromatic nitrogens is 1. The standard InChI is InChI=1S/C29H38FN3O4/c30-22-7-9-24(26-5-1-2-15-37-26)25(18-22)27(29(34)35)33-14-10-20(19-33)11-16-36-17-12-23-8-6-21-4-3-13-31-28(21)32-23/h6-9,18,20,26-27H,1-5,10-17,19H2,(H,31,32)(H,34,35)/t20-,26-,27+/m0/s1. The second-order valence-electron chi connectivity index (χ2n) is 10.5. The molecule has 0 spiro atoms. The normalized spacial score (nSPS) is 22.8. The van der Waals surface area contributed by atoms with Crippen LogP contribution in [0.1, 0.15) is 73.1 Å². The van der Waals surface area contributed by atoms with Gasteiger partial charge in [-0.2, -0.15) is 0 Å². The predicted molar refractivity (Wildman–Crippen MR) is 139 cm³/mol. The number of aryl methyl sites for hydroxylation is 1. The lowest BCUT2D eigenvalue weighted by Crippen LogP contribution is -2.34. The molecular formula is C29H38FN3O4. The molecule has 0 bridgehead atoms. The van der Waals surface area contributed by atoms with Crippen molar-refractivity contribution in [1.29, 1.82) is 0 Å². The summed E-state index contributed by atoms with van der Waals surface area (Å²) in [4.78, 5) is 19.1. The molecule has 2 saturated heterocycles. The van der Waals surface area contributed by atoms with E-state index in [1.165, 1.54) is 17.7 Å². The summed E-state index contributed by atoms with van der Waals surface area (Å²) in [7, 11) is 0. The molecule has 0 unspecified atom stereocenters. The van der Waals surface area contributed by atoms with Crippen molar-refractivity contribution in [1.82, 2.24) is 9.88 Å². The number of fused-ring (bicyclic) bond motifs is 1. The number of anilines is 1. The van der Waals surface area contributed by atoms with Crippen LogP contribution < -0.4 is 5.32 Å². The average molecular weight is 512 g/mol. The fraction of sp³-hybridized carbons (Fsp3) is 0.586. The molecule has 0 radical (unpaired) electrons. The van der Waals surface area contributed by atoms with Crippen LogP contribution in [-0.2, 0) is 27.1 Å². The minimum Gasteiger partial charge on any atom is -0.480 e. The average Bonchev–Trinajstić information content (AvgIpc) is 3.37. The van der Waals surface area contributed by atoms with Crippen molar-refractivity contribution in [2.24, 2.45) is 5.92 Å². The summed E-state index contributed by atoms with van der Waals surface area (Å²) in [6, 6.07) is 7.91. The number of nitrogens with zero attached hydrogens (tertiary/aromatic N) is 2. The van der Waals surface area contributed by atoms with Gasteiger partial charge < -0.3 is 19.9 Å².